The van der Waals surface area contributed by atoms with E-state index in [1.807, 2.05) is 97.1 Å². The predicted molar refractivity (Wildman–Crippen MR) is 196 cm³/mol. The second-order valence-corrected chi connectivity index (χ2v) is 12.6. The molecule has 53 heavy (non-hydrogen) atoms. The summed E-state index contributed by atoms with van der Waals surface area (Å²) in [4.78, 5) is 25.9. The van der Waals surface area contributed by atoms with E-state index in [1.54, 1.807) is 24.3 Å². The van der Waals surface area contributed by atoms with Crippen LogP contribution in [0.4, 0.5) is 4.39 Å². The Morgan fingerprint density at radius 3 is 1.70 bits per heavy atom. The highest BCUT2D eigenvalue weighted by atomic mass is 19.1. The van der Waals surface area contributed by atoms with Crippen LogP contribution in [-0.2, 0) is 48.3 Å². The van der Waals surface area contributed by atoms with E-state index < -0.39 is 48.3 Å². The molecular weight excluding hydrogens is 675 g/mol. The molecule has 5 aromatic carbocycles. The number of hydrogen-bond acceptors (Lipinski definition) is 8. The van der Waals surface area contributed by atoms with Crippen molar-refractivity contribution in [2.75, 3.05) is 6.61 Å². The van der Waals surface area contributed by atoms with Gasteiger partial charge in [0, 0.05) is 17.2 Å². The van der Waals surface area contributed by atoms with Gasteiger partial charge in [-0.05, 0) is 47.9 Å². The zero-order valence-corrected chi connectivity index (χ0v) is 29.3. The smallest absolute Gasteiger partial charge is 0.338 e. The third-order valence-electron chi connectivity index (χ3n) is 8.92. The lowest BCUT2D eigenvalue weighted by molar-refractivity contribution is -0.272. The van der Waals surface area contributed by atoms with E-state index in [1.165, 1.54) is 19.1 Å². The van der Waals surface area contributed by atoms with E-state index in [2.05, 4.69) is 6.58 Å². The third kappa shape index (κ3) is 9.71. The number of carbonyl (C=O) groups is 2. The van der Waals surface area contributed by atoms with Crippen LogP contribution in [-0.4, -0.2) is 43.0 Å². The number of benzene rings is 5. The average molecular weight is 717 g/mol. The van der Waals surface area contributed by atoms with E-state index in [9.17, 15) is 9.59 Å². The number of rotatable bonds is 15. The van der Waals surface area contributed by atoms with Crippen molar-refractivity contribution in [2.24, 2.45) is 0 Å². The normalized spacial score (nSPS) is 19.6. The van der Waals surface area contributed by atoms with Gasteiger partial charge < -0.3 is 28.4 Å². The number of ether oxygens (including phenoxy) is 6. The molecule has 1 fully saturated rings. The van der Waals surface area contributed by atoms with Crippen LogP contribution in [0, 0.1) is 12.7 Å². The van der Waals surface area contributed by atoms with Crippen molar-refractivity contribution < 1.29 is 42.4 Å². The number of esters is 2. The van der Waals surface area contributed by atoms with Crippen molar-refractivity contribution in [3.05, 3.63) is 185 Å². The molecule has 0 bridgehead atoms. The van der Waals surface area contributed by atoms with Gasteiger partial charge in [-0.15, -0.1) is 0 Å². The van der Waals surface area contributed by atoms with Crippen LogP contribution in [0.2, 0.25) is 0 Å². The molecule has 8 nitrogen and oxygen atoms in total. The Morgan fingerprint density at radius 2 is 1.17 bits per heavy atom. The van der Waals surface area contributed by atoms with Gasteiger partial charge in [0.1, 0.15) is 48.7 Å². The van der Waals surface area contributed by atoms with Gasteiger partial charge in [-0.2, -0.15) is 0 Å². The second-order valence-electron chi connectivity index (χ2n) is 12.6. The Balaban J connectivity index is 1.44. The maximum absolute atomic E-state index is 15.1. The van der Waals surface area contributed by atoms with Crippen molar-refractivity contribution in [1.29, 1.82) is 0 Å². The highest BCUT2D eigenvalue weighted by Crippen LogP contribution is 2.43. The minimum Gasteiger partial charge on any atom is -0.459 e. The van der Waals surface area contributed by atoms with E-state index in [4.69, 9.17) is 28.4 Å². The molecule has 0 aromatic heterocycles. The molecule has 0 saturated carbocycles. The molecule has 1 heterocycles. The fraction of sp³-hybridized carbons (Fsp3) is 0.227. The van der Waals surface area contributed by atoms with Gasteiger partial charge in [0.15, 0.2) is 0 Å². The summed E-state index contributed by atoms with van der Waals surface area (Å²) in [5.41, 5.74) is 3.51. The SMILES string of the molecule is C=CC(=O)Oc1c([C@H]2O[C@H](COC(=O)c3ccccc3)[C@@H](OCc3ccccc3)[C@H](OCc3ccccc3)[C@@H]2OCc2ccccc2)ccc(F)c1C. The quantitative estimate of drug-likeness (QED) is 0.0608. The van der Waals surface area contributed by atoms with E-state index in [0.29, 0.717) is 11.1 Å². The summed E-state index contributed by atoms with van der Waals surface area (Å²) in [7, 11) is 0. The Kier molecular flexibility index (Phi) is 12.9. The summed E-state index contributed by atoms with van der Waals surface area (Å²) < 4.78 is 53.7. The van der Waals surface area contributed by atoms with Crippen LogP contribution in [0.25, 0.3) is 0 Å². The third-order valence-corrected chi connectivity index (χ3v) is 8.92. The topological polar surface area (TPSA) is 89.5 Å². The lowest BCUT2D eigenvalue weighted by Gasteiger charge is -2.46. The Labute approximate surface area is 308 Å². The summed E-state index contributed by atoms with van der Waals surface area (Å²) in [5.74, 6) is -1.92. The number of carbonyl (C=O) groups excluding carboxylic acids is 2. The van der Waals surface area contributed by atoms with Crippen molar-refractivity contribution in [3.63, 3.8) is 0 Å². The molecule has 0 amide bonds. The molecule has 0 spiro atoms. The molecule has 5 atom stereocenters. The van der Waals surface area contributed by atoms with Gasteiger partial charge in [-0.25, -0.2) is 14.0 Å². The van der Waals surface area contributed by atoms with Gasteiger partial charge in [-0.1, -0.05) is 116 Å². The average Bonchev–Trinajstić information content (AvgIpc) is 3.21. The molecule has 6 rings (SSSR count). The summed E-state index contributed by atoms with van der Waals surface area (Å²) >= 11 is 0. The Morgan fingerprint density at radius 1 is 0.679 bits per heavy atom. The van der Waals surface area contributed by atoms with Gasteiger partial charge in [0.05, 0.1) is 25.4 Å². The molecule has 9 heteroatoms. The van der Waals surface area contributed by atoms with Crippen LogP contribution >= 0.6 is 0 Å². The first-order valence-electron chi connectivity index (χ1n) is 17.4. The molecule has 1 aliphatic rings. The summed E-state index contributed by atoms with van der Waals surface area (Å²) in [6, 6.07) is 40.4. The molecule has 272 valence electrons. The van der Waals surface area contributed by atoms with E-state index >= 15 is 4.39 Å². The van der Waals surface area contributed by atoms with Gasteiger partial charge in [0.25, 0.3) is 0 Å². The monoisotopic (exact) mass is 716 g/mol. The van der Waals surface area contributed by atoms with Crippen molar-refractivity contribution >= 4 is 11.9 Å². The van der Waals surface area contributed by atoms with Crippen molar-refractivity contribution in [3.8, 4) is 5.75 Å². The number of hydrogen-bond donors (Lipinski definition) is 0. The van der Waals surface area contributed by atoms with Crippen LogP contribution in [0.5, 0.6) is 5.75 Å². The number of halogens is 1. The zero-order valence-electron chi connectivity index (χ0n) is 29.3. The first kappa shape index (κ1) is 37.3. The molecular formula is C44H41FO8. The highest BCUT2D eigenvalue weighted by Gasteiger charge is 2.50. The highest BCUT2D eigenvalue weighted by molar-refractivity contribution is 5.89. The minimum absolute atomic E-state index is 0.0290. The van der Waals surface area contributed by atoms with Gasteiger partial charge in [-0.3, -0.25) is 0 Å². The lowest BCUT2D eigenvalue weighted by Crippen LogP contribution is -2.58. The summed E-state index contributed by atoms with van der Waals surface area (Å²) in [5, 5.41) is 0. The molecule has 1 saturated heterocycles. The zero-order chi connectivity index (χ0) is 37.0. The summed E-state index contributed by atoms with van der Waals surface area (Å²) in [6.45, 7) is 5.36. The molecule has 0 unspecified atom stereocenters. The van der Waals surface area contributed by atoms with Crippen molar-refractivity contribution in [2.45, 2.75) is 57.3 Å². The van der Waals surface area contributed by atoms with Crippen LogP contribution < -0.4 is 4.74 Å². The standard InChI is InChI=1S/C44H41FO8/c1-3-38(46)53-39-30(2)36(45)25-24-35(39)40-42(49-27-32-18-10-5-11-19-32)43(50-28-33-20-12-6-13-21-33)41(48-26-31-16-8-4-9-17-31)37(52-40)29-51-44(47)34-22-14-7-15-23-34/h3-25,37,40-43H,1,26-29H2,2H3/t37-,40-,41-,42-,43+/m1/s1. The molecule has 0 N–H and O–H groups in total. The molecule has 0 aliphatic carbocycles. The van der Waals surface area contributed by atoms with Crippen LogP contribution in [0.3, 0.4) is 0 Å². The first-order chi connectivity index (χ1) is 25.9. The second kappa shape index (κ2) is 18.3. The summed E-state index contributed by atoms with van der Waals surface area (Å²) in [6.07, 6.45) is -3.49. The Bertz CT molecular complexity index is 1940. The maximum Gasteiger partial charge on any atom is 0.338 e. The molecule has 5 aromatic rings. The predicted octanol–water partition coefficient (Wildman–Crippen LogP) is 8.28. The fourth-order valence-corrected chi connectivity index (χ4v) is 6.18. The lowest BCUT2D eigenvalue weighted by atomic mass is 9.89. The Hall–Kier alpha value is -5.45. The fourth-order valence-electron chi connectivity index (χ4n) is 6.18. The van der Waals surface area contributed by atoms with Gasteiger partial charge >= 0.3 is 11.9 Å². The van der Waals surface area contributed by atoms with Crippen LogP contribution in [0.1, 0.15) is 44.3 Å². The van der Waals surface area contributed by atoms with E-state index in [0.717, 1.165) is 22.8 Å². The van der Waals surface area contributed by atoms with E-state index in [-0.39, 0.29) is 37.7 Å². The minimum atomic E-state index is -1.01. The maximum atomic E-state index is 15.1. The molecule has 1 aliphatic heterocycles. The van der Waals surface area contributed by atoms with Crippen LogP contribution in [0.15, 0.2) is 146 Å². The van der Waals surface area contributed by atoms with Gasteiger partial charge in [0.2, 0.25) is 0 Å². The first-order valence-corrected chi connectivity index (χ1v) is 17.4. The largest absolute Gasteiger partial charge is 0.459 e. The molecule has 0 radical (unpaired) electrons. The van der Waals surface area contributed by atoms with Crippen molar-refractivity contribution in [1.82, 2.24) is 0 Å².